The van der Waals surface area contributed by atoms with E-state index in [9.17, 15) is 24.3 Å². The highest BCUT2D eigenvalue weighted by molar-refractivity contribution is 9.11. The molecule has 2 N–H and O–H groups in total. The number of hydrogen-bond acceptors (Lipinski definition) is 9. The first-order valence-electron chi connectivity index (χ1n) is 16.0. The van der Waals surface area contributed by atoms with Crippen LogP contribution >= 0.6 is 15.9 Å². The van der Waals surface area contributed by atoms with Crippen molar-refractivity contribution in [1.82, 2.24) is 20.0 Å². The van der Waals surface area contributed by atoms with Crippen molar-refractivity contribution in [3.05, 3.63) is 22.7 Å². The van der Waals surface area contributed by atoms with E-state index in [-0.39, 0.29) is 37.3 Å². The molecule has 6 atom stereocenters. The average molecular weight is 682 g/mol. The van der Waals surface area contributed by atoms with Crippen LogP contribution in [0.2, 0.25) is 0 Å². The minimum absolute atomic E-state index is 0.112. The molecular formula is C31H45BrN4O8. The predicted octanol–water partition coefficient (Wildman–Crippen LogP) is 0.971. The van der Waals surface area contributed by atoms with Gasteiger partial charge in [-0.3, -0.25) is 24.1 Å². The van der Waals surface area contributed by atoms with Crippen LogP contribution in [-0.4, -0.2) is 133 Å². The molecule has 13 heteroatoms. The Labute approximate surface area is 267 Å². The van der Waals surface area contributed by atoms with Crippen LogP contribution in [-0.2, 0) is 33.4 Å². The lowest BCUT2D eigenvalue weighted by Crippen LogP contribution is -2.57. The molecule has 3 saturated heterocycles. The molecule has 0 aliphatic carbocycles. The number of amides is 3. The normalized spacial score (nSPS) is 34.2. The highest BCUT2D eigenvalue weighted by Gasteiger charge is 2.74. The molecule has 0 aromatic heterocycles. The van der Waals surface area contributed by atoms with Crippen molar-refractivity contribution < 1.29 is 38.5 Å². The number of nitrogens with one attached hydrogen (secondary N) is 1. The van der Waals surface area contributed by atoms with Gasteiger partial charge in [0.15, 0.2) is 0 Å². The SMILES string of the molecule is C[C@@H]1CNC(=O)CC/C=C\CN(CCN2CCOCC2)C(=O)[C@@H]2N(CCCCCCO)C(=O)[C@H]3[C@H](C(=O)O1)[C@H]1O[C@@]23C=C1Br. The molecule has 3 fully saturated rings. The van der Waals surface area contributed by atoms with E-state index in [1.54, 1.807) is 16.7 Å². The van der Waals surface area contributed by atoms with Gasteiger partial charge < -0.3 is 34.4 Å². The van der Waals surface area contributed by atoms with Crippen LogP contribution in [0.4, 0.5) is 0 Å². The number of halogens is 1. The largest absolute Gasteiger partial charge is 0.460 e. The van der Waals surface area contributed by atoms with Crippen LogP contribution in [0.3, 0.4) is 0 Å². The fraction of sp³-hybridized carbons (Fsp3) is 0.742. The van der Waals surface area contributed by atoms with Crippen molar-refractivity contribution >= 4 is 39.6 Å². The van der Waals surface area contributed by atoms with E-state index in [0.717, 1.165) is 25.9 Å². The molecule has 3 amide bonds. The molecular weight excluding hydrogens is 636 g/mol. The minimum atomic E-state index is -1.31. The molecule has 0 saturated carbocycles. The number of aliphatic hydroxyl groups excluding tert-OH is 1. The van der Waals surface area contributed by atoms with Crippen molar-refractivity contribution in [1.29, 1.82) is 0 Å². The first-order chi connectivity index (χ1) is 21.3. The standard InChI is InChI=1S/C31H45BrN4O8/c1-21-20-33-23(38)9-5-4-6-10-35(13-12-34-14-17-42-18-15-34)29(40)27-31-19-22(32)26(44-31)24(30(41)43-21)25(31)28(39)36(27)11-7-2-3-8-16-37/h4,6,19,21,24-27,37H,2-3,5,7-18,20H2,1H3,(H,33,38)/b6-4-/t21-,24+,25-,26+,27+,31-/m1/s1. The van der Waals surface area contributed by atoms with Crippen molar-refractivity contribution in [2.45, 2.75) is 69.3 Å². The summed E-state index contributed by atoms with van der Waals surface area (Å²) in [4.78, 5) is 60.7. The lowest BCUT2D eigenvalue weighted by atomic mass is 9.74. The molecule has 0 radical (unpaired) electrons. The number of hydrogen-bond donors (Lipinski definition) is 2. The number of nitrogens with zero attached hydrogens (tertiary/aromatic N) is 3. The molecule has 5 rings (SSSR count). The number of unbranched alkanes of at least 4 members (excludes halogenated alkanes) is 3. The second kappa shape index (κ2) is 14.8. The third-order valence-electron chi connectivity index (χ3n) is 9.28. The number of allylic oxidation sites excluding steroid dienone is 1. The zero-order chi connectivity index (χ0) is 31.3. The molecule has 44 heavy (non-hydrogen) atoms. The topological polar surface area (TPSA) is 138 Å². The second-order valence-electron chi connectivity index (χ2n) is 12.3. The molecule has 244 valence electrons. The van der Waals surface area contributed by atoms with Gasteiger partial charge in [-0.2, -0.15) is 0 Å². The van der Waals surface area contributed by atoms with Crippen LogP contribution in [0.15, 0.2) is 22.7 Å². The maximum Gasteiger partial charge on any atom is 0.313 e. The van der Waals surface area contributed by atoms with Crippen LogP contribution in [0.5, 0.6) is 0 Å². The van der Waals surface area contributed by atoms with Crippen LogP contribution < -0.4 is 5.32 Å². The van der Waals surface area contributed by atoms with Gasteiger partial charge in [0.25, 0.3) is 0 Å². The van der Waals surface area contributed by atoms with Gasteiger partial charge in [-0.1, -0.05) is 40.9 Å². The van der Waals surface area contributed by atoms with Gasteiger partial charge in [-0.05, 0) is 32.3 Å². The lowest BCUT2D eigenvalue weighted by molar-refractivity contribution is -0.158. The van der Waals surface area contributed by atoms with Gasteiger partial charge in [0.05, 0.1) is 25.7 Å². The number of morpholine rings is 1. The van der Waals surface area contributed by atoms with E-state index in [0.29, 0.717) is 63.1 Å². The summed E-state index contributed by atoms with van der Waals surface area (Å²) < 4.78 is 18.4. The summed E-state index contributed by atoms with van der Waals surface area (Å²) in [6.07, 6.45) is 8.02. The van der Waals surface area contributed by atoms with E-state index in [1.807, 2.05) is 18.2 Å². The number of ether oxygens (including phenoxy) is 3. The predicted molar refractivity (Wildman–Crippen MR) is 163 cm³/mol. The average Bonchev–Trinajstić information content (AvgIpc) is 3.60. The van der Waals surface area contributed by atoms with E-state index in [4.69, 9.17) is 14.2 Å². The summed E-state index contributed by atoms with van der Waals surface area (Å²) in [5.41, 5.74) is -1.31. The Balaban J connectivity index is 1.48. The van der Waals surface area contributed by atoms with Gasteiger partial charge in [-0.15, -0.1) is 0 Å². The Kier molecular flexibility index (Phi) is 11.2. The molecule has 0 aromatic carbocycles. The number of rotatable bonds is 9. The van der Waals surface area contributed by atoms with Gasteiger partial charge in [0.2, 0.25) is 17.7 Å². The van der Waals surface area contributed by atoms with Crippen molar-refractivity contribution in [2.75, 3.05) is 65.6 Å². The summed E-state index contributed by atoms with van der Waals surface area (Å²) in [5.74, 6) is -3.06. The molecule has 0 aromatic rings. The van der Waals surface area contributed by atoms with E-state index >= 15 is 0 Å². The number of carbonyl (C=O) groups is 4. The van der Waals surface area contributed by atoms with Crippen LogP contribution in [0.25, 0.3) is 0 Å². The fourth-order valence-electron chi connectivity index (χ4n) is 7.00. The van der Waals surface area contributed by atoms with Gasteiger partial charge in [0, 0.05) is 56.8 Å². The summed E-state index contributed by atoms with van der Waals surface area (Å²) in [6, 6.07) is -0.942. The zero-order valence-corrected chi connectivity index (χ0v) is 27.0. The fourth-order valence-corrected chi connectivity index (χ4v) is 7.74. The summed E-state index contributed by atoms with van der Waals surface area (Å²) in [5, 5.41) is 12.0. The van der Waals surface area contributed by atoms with Gasteiger partial charge in [-0.25, -0.2) is 0 Å². The summed E-state index contributed by atoms with van der Waals surface area (Å²) in [7, 11) is 0. The number of likely N-dealkylation sites (tertiary alicyclic amines) is 1. The molecule has 5 aliphatic heterocycles. The Hall–Kier alpha value is -2.32. The highest BCUT2D eigenvalue weighted by atomic mass is 79.9. The minimum Gasteiger partial charge on any atom is -0.460 e. The first-order valence-corrected chi connectivity index (χ1v) is 16.7. The number of fused-ring (bicyclic) bond motifs is 2. The number of cyclic esters (lactones) is 1. The Morgan fingerprint density at radius 3 is 2.57 bits per heavy atom. The second-order valence-corrected chi connectivity index (χ2v) is 13.2. The third kappa shape index (κ3) is 6.91. The molecule has 5 aliphatic rings. The monoisotopic (exact) mass is 680 g/mol. The van der Waals surface area contributed by atoms with E-state index < -0.39 is 41.7 Å². The van der Waals surface area contributed by atoms with E-state index in [1.165, 1.54) is 0 Å². The Bertz CT molecular complexity index is 1140. The molecule has 0 unspecified atom stereocenters. The smallest absolute Gasteiger partial charge is 0.313 e. The van der Waals surface area contributed by atoms with Gasteiger partial charge in [0.1, 0.15) is 29.8 Å². The molecule has 5 heterocycles. The number of aliphatic hydroxyl groups is 1. The Morgan fingerprint density at radius 1 is 1.02 bits per heavy atom. The van der Waals surface area contributed by atoms with Crippen molar-refractivity contribution in [3.63, 3.8) is 0 Å². The Morgan fingerprint density at radius 2 is 1.80 bits per heavy atom. The summed E-state index contributed by atoms with van der Waals surface area (Å²) in [6.45, 7) is 6.58. The van der Waals surface area contributed by atoms with Crippen molar-refractivity contribution in [3.8, 4) is 0 Å². The summed E-state index contributed by atoms with van der Waals surface area (Å²) >= 11 is 3.58. The quantitative estimate of drug-likeness (QED) is 0.207. The lowest BCUT2D eigenvalue weighted by Gasteiger charge is -2.37. The maximum atomic E-state index is 14.7. The number of carbonyl (C=O) groups excluding carboxylic acids is 4. The van der Waals surface area contributed by atoms with Crippen molar-refractivity contribution in [2.24, 2.45) is 11.8 Å². The highest BCUT2D eigenvalue weighted by Crippen LogP contribution is 2.58. The van der Waals surface area contributed by atoms with Crippen LogP contribution in [0.1, 0.15) is 45.4 Å². The third-order valence-corrected chi connectivity index (χ3v) is 9.96. The zero-order valence-electron chi connectivity index (χ0n) is 25.5. The molecule has 12 nitrogen and oxygen atoms in total. The van der Waals surface area contributed by atoms with Gasteiger partial charge >= 0.3 is 5.97 Å². The maximum absolute atomic E-state index is 14.7. The van der Waals surface area contributed by atoms with E-state index in [2.05, 4.69) is 26.1 Å². The number of esters is 1. The van der Waals surface area contributed by atoms with Crippen LogP contribution in [0, 0.1) is 11.8 Å². The first kappa shape index (κ1) is 33.1. The molecule has 1 spiro atoms. The molecule has 5 bridgehead atoms.